The summed E-state index contributed by atoms with van der Waals surface area (Å²) in [7, 11) is -3.75. The number of amides is 1. The van der Waals surface area contributed by atoms with Crippen LogP contribution in [0.25, 0.3) is 0 Å². The molecule has 1 aliphatic heterocycles. The van der Waals surface area contributed by atoms with Gasteiger partial charge in [-0.05, 0) is 44.0 Å². The lowest BCUT2D eigenvalue weighted by atomic mass is 10.0. The number of sulfonamides is 1. The first kappa shape index (κ1) is 15.5. The summed E-state index contributed by atoms with van der Waals surface area (Å²) >= 11 is 0. The van der Waals surface area contributed by atoms with Crippen molar-refractivity contribution < 1.29 is 17.7 Å². The molecule has 0 saturated heterocycles. The third-order valence-electron chi connectivity index (χ3n) is 3.74. The Balaban J connectivity index is 1.93. The number of carbonyl (C=O) groups excluding carboxylic acids is 1. The van der Waals surface area contributed by atoms with Crippen molar-refractivity contribution in [2.75, 3.05) is 16.2 Å². The van der Waals surface area contributed by atoms with Gasteiger partial charge in [-0.1, -0.05) is 5.16 Å². The van der Waals surface area contributed by atoms with E-state index < -0.39 is 10.0 Å². The molecule has 0 atom stereocenters. The zero-order valence-electron chi connectivity index (χ0n) is 12.9. The van der Waals surface area contributed by atoms with E-state index in [1.54, 1.807) is 24.0 Å². The van der Waals surface area contributed by atoms with Gasteiger partial charge in [-0.3, -0.25) is 9.52 Å². The highest BCUT2D eigenvalue weighted by atomic mass is 32.2. The molecule has 0 unspecified atom stereocenters. The van der Waals surface area contributed by atoms with Gasteiger partial charge in [0.25, 0.3) is 10.0 Å². The third-order valence-corrected chi connectivity index (χ3v) is 5.10. The molecule has 3 rings (SSSR count). The van der Waals surface area contributed by atoms with Crippen molar-refractivity contribution in [3.63, 3.8) is 0 Å². The first-order chi connectivity index (χ1) is 10.9. The van der Waals surface area contributed by atoms with Crippen molar-refractivity contribution in [1.29, 1.82) is 0 Å². The van der Waals surface area contributed by atoms with Gasteiger partial charge in [0.2, 0.25) is 5.91 Å². The van der Waals surface area contributed by atoms with E-state index in [4.69, 9.17) is 4.52 Å². The van der Waals surface area contributed by atoms with Crippen LogP contribution in [0.1, 0.15) is 24.7 Å². The molecule has 122 valence electrons. The van der Waals surface area contributed by atoms with Gasteiger partial charge in [0, 0.05) is 24.7 Å². The third kappa shape index (κ3) is 2.94. The number of fused-ring (bicyclic) bond motifs is 1. The summed E-state index contributed by atoms with van der Waals surface area (Å²) in [5, 5.41) is 3.63. The Hall–Kier alpha value is -2.35. The lowest BCUT2D eigenvalue weighted by molar-refractivity contribution is -0.118. The van der Waals surface area contributed by atoms with E-state index in [2.05, 4.69) is 9.88 Å². The zero-order chi connectivity index (χ0) is 16.6. The van der Waals surface area contributed by atoms with Crippen LogP contribution in [0.4, 0.5) is 11.5 Å². The largest absolute Gasteiger partial charge is 0.360 e. The van der Waals surface area contributed by atoms with E-state index in [1.807, 2.05) is 6.92 Å². The Morgan fingerprint density at radius 2 is 2.09 bits per heavy atom. The number of rotatable bonds is 4. The molecule has 1 aliphatic rings. The van der Waals surface area contributed by atoms with Crippen LogP contribution in [0.3, 0.4) is 0 Å². The molecule has 0 saturated carbocycles. The normalized spacial score (nSPS) is 14.7. The van der Waals surface area contributed by atoms with Crippen molar-refractivity contribution in [3.05, 3.63) is 35.6 Å². The van der Waals surface area contributed by atoms with E-state index in [0.717, 1.165) is 11.3 Å². The minimum Gasteiger partial charge on any atom is -0.360 e. The van der Waals surface area contributed by atoms with E-state index in [0.29, 0.717) is 25.1 Å². The molecular formula is C15H17N3O4S. The van der Waals surface area contributed by atoms with Crippen LogP contribution in [-0.4, -0.2) is 26.0 Å². The van der Waals surface area contributed by atoms with Gasteiger partial charge < -0.3 is 9.42 Å². The summed E-state index contributed by atoms with van der Waals surface area (Å²) in [4.78, 5) is 13.7. The van der Waals surface area contributed by atoms with E-state index >= 15 is 0 Å². The van der Waals surface area contributed by atoms with Crippen molar-refractivity contribution >= 4 is 27.4 Å². The van der Waals surface area contributed by atoms with Gasteiger partial charge in [-0.15, -0.1) is 0 Å². The second kappa shape index (κ2) is 5.69. The highest BCUT2D eigenvalue weighted by Crippen LogP contribution is 2.30. The number of hydrogen-bond acceptors (Lipinski definition) is 5. The van der Waals surface area contributed by atoms with Gasteiger partial charge in [0.1, 0.15) is 5.76 Å². The molecule has 0 bridgehead atoms. The number of anilines is 2. The summed E-state index contributed by atoms with van der Waals surface area (Å²) in [5.74, 6) is 0.725. The fraction of sp³-hybridized carbons (Fsp3) is 0.333. The Bertz CT molecular complexity index is 857. The molecule has 2 aromatic rings. The second-order valence-corrected chi connectivity index (χ2v) is 7.04. The van der Waals surface area contributed by atoms with Crippen LogP contribution in [-0.2, 0) is 21.2 Å². The predicted molar refractivity (Wildman–Crippen MR) is 84.8 cm³/mol. The van der Waals surface area contributed by atoms with Crippen LogP contribution in [0.15, 0.2) is 33.7 Å². The van der Waals surface area contributed by atoms with Crippen molar-refractivity contribution in [2.24, 2.45) is 0 Å². The monoisotopic (exact) mass is 335 g/mol. The Morgan fingerprint density at radius 1 is 1.30 bits per heavy atom. The maximum atomic E-state index is 12.4. The molecule has 1 N–H and O–H groups in total. The Morgan fingerprint density at radius 3 is 2.74 bits per heavy atom. The fourth-order valence-corrected chi connectivity index (χ4v) is 3.70. The summed E-state index contributed by atoms with van der Waals surface area (Å²) in [6.07, 6.45) is 0.928. The number of hydrogen-bond donors (Lipinski definition) is 1. The van der Waals surface area contributed by atoms with Crippen molar-refractivity contribution in [3.8, 4) is 0 Å². The number of benzene rings is 1. The Labute approximate surface area is 134 Å². The molecule has 1 aromatic carbocycles. The van der Waals surface area contributed by atoms with Gasteiger partial charge >= 0.3 is 0 Å². The van der Waals surface area contributed by atoms with E-state index in [9.17, 15) is 13.2 Å². The molecule has 7 nitrogen and oxygen atoms in total. The standard InChI is InChI=1S/C15H17N3O4S/c1-3-18-13-6-5-12(9-11(13)4-7-15(18)19)23(20,21)17-14-8-10(2)22-16-14/h5-6,8-9H,3-4,7H2,1-2H3,(H,16,17). The van der Waals surface area contributed by atoms with Crippen molar-refractivity contribution in [2.45, 2.75) is 31.6 Å². The van der Waals surface area contributed by atoms with Crippen molar-refractivity contribution in [1.82, 2.24) is 5.16 Å². The lowest BCUT2D eigenvalue weighted by Gasteiger charge is -2.28. The zero-order valence-corrected chi connectivity index (χ0v) is 13.7. The number of carbonyl (C=O) groups is 1. The molecule has 1 amide bonds. The summed E-state index contributed by atoms with van der Waals surface area (Å²) in [5.41, 5.74) is 1.63. The van der Waals surface area contributed by atoms with Crippen LogP contribution in [0.2, 0.25) is 0 Å². The van der Waals surface area contributed by atoms with Crippen LogP contribution < -0.4 is 9.62 Å². The highest BCUT2D eigenvalue weighted by Gasteiger charge is 2.25. The van der Waals surface area contributed by atoms with E-state index in [-0.39, 0.29) is 16.6 Å². The first-order valence-corrected chi connectivity index (χ1v) is 8.78. The number of aromatic nitrogens is 1. The smallest absolute Gasteiger partial charge is 0.263 e. The second-order valence-electron chi connectivity index (χ2n) is 5.36. The minimum absolute atomic E-state index is 0.0619. The van der Waals surface area contributed by atoms with E-state index in [1.165, 1.54) is 12.1 Å². The maximum absolute atomic E-state index is 12.4. The van der Waals surface area contributed by atoms with Gasteiger partial charge in [-0.25, -0.2) is 8.42 Å². The van der Waals surface area contributed by atoms with Crippen LogP contribution in [0.5, 0.6) is 0 Å². The topological polar surface area (TPSA) is 92.5 Å². The summed E-state index contributed by atoms with van der Waals surface area (Å²) in [6.45, 7) is 4.14. The first-order valence-electron chi connectivity index (χ1n) is 7.30. The molecule has 23 heavy (non-hydrogen) atoms. The quantitative estimate of drug-likeness (QED) is 0.923. The highest BCUT2D eigenvalue weighted by molar-refractivity contribution is 7.92. The molecule has 2 heterocycles. The molecule has 0 spiro atoms. The predicted octanol–water partition coefficient (Wildman–Crippen LogP) is 2.08. The number of nitrogens with zero attached hydrogens (tertiary/aromatic N) is 2. The molecule has 0 fully saturated rings. The molecular weight excluding hydrogens is 318 g/mol. The average molecular weight is 335 g/mol. The van der Waals surface area contributed by atoms with Gasteiger partial charge in [-0.2, -0.15) is 0 Å². The minimum atomic E-state index is -3.75. The summed E-state index contributed by atoms with van der Waals surface area (Å²) in [6, 6.07) is 6.29. The van der Waals surface area contributed by atoms with Crippen LogP contribution >= 0.6 is 0 Å². The van der Waals surface area contributed by atoms with Gasteiger partial charge in [0.05, 0.1) is 4.90 Å². The molecule has 0 radical (unpaired) electrons. The SMILES string of the molecule is CCN1C(=O)CCc2cc(S(=O)(=O)Nc3cc(C)on3)ccc21. The number of aryl methyl sites for hydroxylation is 2. The Kier molecular flexibility index (Phi) is 3.85. The molecule has 1 aromatic heterocycles. The van der Waals surface area contributed by atoms with Gasteiger partial charge in [0.15, 0.2) is 5.82 Å². The lowest BCUT2D eigenvalue weighted by Crippen LogP contribution is -2.34. The average Bonchev–Trinajstić information content (AvgIpc) is 2.91. The summed E-state index contributed by atoms with van der Waals surface area (Å²) < 4.78 is 32.1. The maximum Gasteiger partial charge on any atom is 0.263 e. The fourth-order valence-electron chi connectivity index (χ4n) is 2.66. The number of nitrogens with one attached hydrogen (secondary N) is 1. The molecule has 8 heteroatoms. The van der Waals surface area contributed by atoms with Crippen LogP contribution in [0, 0.1) is 6.92 Å². The molecule has 0 aliphatic carbocycles.